The minimum Gasteiger partial charge on any atom is -0.396 e. The third-order valence-corrected chi connectivity index (χ3v) is 3.29. The molecule has 0 amide bonds. The Morgan fingerprint density at radius 3 is 2.70 bits per heavy atom. The molecule has 0 fully saturated rings. The molecule has 3 nitrogen and oxygen atoms in total. The van der Waals surface area contributed by atoms with Crippen LogP contribution in [0.25, 0.3) is 0 Å². The highest BCUT2D eigenvalue weighted by atomic mass is 19.1. The second kappa shape index (κ2) is 5.62. The lowest BCUT2D eigenvalue weighted by Crippen LogP contribution is -2.09. The maximum absolute atomic E-state index is 13.6. The molecule has 4 heteroatoms. The molecule has 102 valence electrons. The first-order valence-electron chi connectivity index (χ1n) is 6.34. The summed E-state index contributed by atoms with van der Waals surface area (Å²) in [7, 11) is 0. The number of anilines is 2. The number of nitrogens with one attached hydrogen (secondary N) is 1. The van der Waals surface area contributed by atoms with E-state index in [0.29, 0.717) is 22.5 Å². The first-order valence-corrected chi connectivity index (χ1v) is 6.34. The van der Waals surface area contributed by atoms with Gasteiger partial charge in [-0.1, -0.05) is 18.2 Å². The zero-order chi connectivity index (χ0) is 14.7. The number of aryl methyl sites for hydroxylation is 1. The number of hydrogen-bond donors (Lipinski definition) is 2. The highest BCUT2D eigenvalue weighted by molar-refractivity contribution is 5.73. The maximum atomic E-state index is 13.6. The smallest absolute Gasteiger partial charge is 0.126 e. The Bertz CT molecular complexity index is 674. The van der Waals surface area contributed by atoms with Crippen LogP contribution in [-0.2, 0) is 0 Å². The minimum atomic E-state index is -0.227. The zero-order valence-electron chi connectivity index (χ0n) is 11.4. The molecule has 2 aromatic carbocycles. The first-order chi connectivity index (χ1) is 9.52. The zero-order valence-corrected chi connectivity index (χ0v) is 11.4. The van der Waals surface area contributed by atoms with Crippen LogP contribution >= 0.6 is 0 Å². The maximum Gasteiger partial charge on any atom is 0.126 e. The Morgan fingerprint density at radius 1 is 1.30 bits per heavy atom. The number of nitrogen functional groups attached to an aromatic ring is 1. The molecule has 0 heterocycles. The lowest BCUT2D eigenvalue weighted by Gasteiger charge is -2.18. The molecule has 2 rings (SSSR count). The average molecular weight is 269 g/mol. The molecule has 0 bridgehead atoms. The van der Waals surface area contributed by atoms with Gasteiger partial charge in [0.05, 0.1) is 16.9 Å². The molecule has 0 aliphatic heterocycles. The third-order valence-electron chi connectivity index (χ3n) is 3.29. The summed E-state index contributed by atoms with van der Waals surface area (Å²) in [6, 6.07) is 12.3. The van der Waals surface area contributed by atoms with Crippen molar-refractivity contribution < 1.29 is 4.39 Å². The summed E-state index contributed by atoms with van der Waals surface area (Å²) in [6.45, 7) is 3.65. The number of halogens is 1. The molecule has 0 saturated heterocycles. The number of benzene rings is 2. The predicted octanol–water partition coefficient (Wildman–Crippen LogP) is 3.76. The Labute approximate surface area is 117 Å². The van der Waals surface area contributed by atoms with Crippen molar-refractivity contribution in [2.75, 3.05) is 11.1 Å². The lowest BCUT2D eigenvalue weighted by molar-refractivity contribution is 0.614. The highest BCUT2D eigenvalue weighted by Gasteiger charge is 2.10. The second-order valence-electron chi connectivity index (χ2n) is 4.75. The summed E-state index contributed by atoms with van der Waals surface area (Å²) < 4.78 is 13.6. The van der Waals surface area contributed by atoms with Gasteiger partial charge in [0.1, 0.15) is 11.9 Å². The van der Waals surface area contributed by atoms with Crippen LogP contribution in [0.3, 0.4) is 0 Å². The molecule has 0 aromatic heterocycles. The van der Waals surface area contributed by atoms with Crippen LogP contribution < -0.4 is 11.1 Å². The summed E-state index contributed by atoms with van der Waals surface area (Å²) in [5, 5.41) is 12.2. The topological polar surface area (TPSA) is 61.8 Å². The van der Waals surface area contributed by atoms with E-state index in [0.717, 1.165) is 5.56 Å². The summed E-state index contributed by atoms with van der Waals surface area (Å²) in [5.74, 6) is -0.227. The SMILES string of the molecule is Cc1ccc(C(C)Nc2cccc(C#N)c2N)cc1F. The van der Waals surface area contributed by atoms with Crippen molar-refractivity contribution in [3.05, 3.63) is 58.9 Å². The third kappa shape index (κ3) is 2.72. The molecule has 0 spiro atoms. The molecular weight excluding hydrogens is 253 g/mol. The molecule has 3 N–H and O–H groups in total. The molecule has 1 atom stereocenters. The van der Waals surface area contributed by atoms with E-state index in [2.05, 4.69) is 5.32 Å². The van der Waals surface area contributed by atoms with Gasteiger partial charge in [0, 0.05) is 6.04 Å². The number of nitrogens with zero attached hydrogens (tertiary/aromatic N) is 1. The van der Waals surface area contributed by atoms with Crippen molar-refractivity contribution in [3.63, 3.8) is 0 Å². The van der Waals surface area contributed by atoms with Gasteiger partial charge in [-0.05, 0) is 43.2 Å². The van der Waals surface area contributed by atoms with Crippen molar-refractivity contribution >= 4 is 11.4 Å². The van der Waals surface area contributed by atoms with E-state index in [4.69, 9.17) is 11.0 Å². The van der Waals surface area contributed by atoms with Gasteiger partial charge in [-0.3, -0.25) is 0 Å². The van der Waals surface area contributed by atoms with E-state index < -0.39 is 0 Å². The van der Waals surface area contributed by atoms with E-state index in [1.54, 1.807) is 31.2 Å². The van der Waals surface area contributed by atoms with E-state index >= 15 is 0 Å². The number of hydrogen-bond acceptors (Lipinski definition) is 3. The normalized spacial score (nSPS) is 11.7. The van der Waals surface area contributed by atoms with Crippen LogP contribution in [0.4, 0.5) is 15.8 Å². The number of nitrogens with two attached hydrogens (primary N) is 1. The van der Waals surface area contributed by atoms with Crippen LogP contribution in [0.1, 0.15) is 29.7 Å². The van der Waals surface area contributed by atoms with Gasteiger partial charge < -0.3 is 11.1 Å². The monoisotopic (exact) mass is 269 g/mol. The van der Waals surface area contributed by atoms with Crippen LogP contribution in [0, 0.1) is 24.1 Å². The van der Waals surface area contributed by atoms with Crippen LogP contribution in [0.15, 0.2) is 36.4 Å². The summed E-state index contributed by atoms with van der Waals surface area (Å²) in [4.78, 5) is 0. The highest BCUT2D eigenvalue weighted by Crippen LogP contribution is 2.27. The van der Waals surface area contributed by atoms with Gasteiger partial charge in [0.15, 0.2) is 0 Å². The van der Waals surface area contributed by atoms with Crippen LogP contribution in [0.2, 0.25) is 0 Å². The van der Waals surface area contributed by atoms with E-state index in [-0.39, 0.29) is 11.9 Å². The Hall–Kier alpha value is -2.54. The fourth-order valence-corrected chi connectivity index (χ4v) is 1.98. The fraction of sp³-hybridized carbons (Fsp3) is 0.188. The van der Waals surface area contributed by atoms with Crippen molar-refractivity contribution in [2.45, 2.75) is 19.9 Å². The van der Waals surface area contributed by atoms with E-state index in [9.17, 15) is 4.39 Å². The molecule has 0 radical (unpaired) electrons. The van der Waals surface area contributed by atoms with Gasteiger partial charge in [-0.25, -0.2) is 4.39 Å². The molecule has 0 saturated carbocycles. The van der Waals surface area contributed by atoms with Gasteiger partial charge in [0.25, 0.3) is 0 Å². The molecular formula is C16H16FN3. The van der Waals surface area contributed by atoms with Gasteiger partial charge in [0.2, 0.25) is 0 Å². The first kappa shape index (κ1) is 13.9. The second-order valence-corrected chi connectivity index (χ2v) is 4.75. The largest absolute Gasteiger partial charge is 0.396 e. The molecule has 0 aliphatic carbocycles. The van der Waals surface area contributed by atoms with Gasteiger partial charge in [-0.15, -0.1) is 0 Å². The summed E-state index contributed by atoms with van der Waals surface area (Å²) in [5.41, 5.74) is 8.88. The molecule has 20 heavy (non-hydrogen) atoms. The van der Waals surface area contributed by atoms with Crippen LogP contribution in [-0.4, -0.2) is 0 Å². The number of nitriles is 1. The number of rotatable bonds is 3. The van der Waals surface area contributed by atoms with Gasteiger partial charge >= 0.3 is 0 Å². The fourth-order valence-electron chi connectivity index (χ4n) is 1.98. The number of para-hydroxylation sites is 1. The lowest BCUT2D eigenvalue weighted by atomic mass is 10.0. The van der Waals surface area contributed by atoms with Gasteiger partial charge in [-0.2, -0.15) is 5.26 Å². The molecule has 2 aromatic rings. The van der Waals surface area contributed by atoms with Crippen molar-refractivity contribution in [1.82, 2.24) is 0 Å². The van der Waals surface area contributed by atoms with Crippen molar-refractivity contribution in [3.8, 4) is 6.07 Å². The van der Waals surface area contributed by atoms with Crippen molar-refractivity contribution in [2.24, 2.45) is 0 Å². The molecule has 0 aliphatic rings. The Morgan fingerprint density at radius 2 is 2.05 bits per heavy atom. The Kier molecular flexibility index (Phi) is 3.90. The molecule has 1 unspecified atom stereocenters. The quantitative estimate of drug-likeness (QED) is 0.834. The average Bonchev–Trinajstić information content (AvgIpc) is 2.44. The standard InChI is InChI=1S/C16H16FN3/c1-10-6-7-12(8-14(10)17)11(2)20-15-5-3-4-13(9-18)16(15)19/h3-8,11,20H,19H2,1-2H3. The summed E-state index contributed by atoms with van der Waals surface area (Å²) >= 11 is 0. The minimum absolute atomic E-state index is 0.110. The predicted molar refractivity (Wildman–Crippen MR) is 78.7 cm³/mol. The Balaban J connectivity index is 2.26. The van der Waals surface area contributed by atoms with Crippen LogP contribution in [0.5, 0.6) is 0 Å². The van der Waals surface area contributed by atoms with E-state index in [1.807, 2.05) is 19.1 Å². The summed E-state index contributed by atoms with van der Waals surface area (Å²) in [6.07, 6.45) is 0. The van der Waals surface area contributed by atoms with Crippen molar-refractivity contribution in [1.29, 1.82) is 5.26 Å². The van der Waals surface area contributed by atoms with E-state index in [1.165, 1.54) is 6.07 Å².